The number of rotatable bonds is 12. The normalized spacial score (nSPS) is 12.2. The van der Waals surface area contributed by atoms with E-state index in [0.29, 0.717) is 11.3 Å². The van der Waals surface area contributed by atoms with Gasteiger partial charge in [-0.05, 0) is 75.7 Å². The SMILES string of the molecule is COc1ccc(S(=O)(=O)N(CC(=O)N(Cc2ccc(F)cc2)[C@H](C)C(=O)NC(C)(C)C)c2cc(Cl)ccc2OC)cc1OC. The maximum atomic E-state index is 14.3. The van der Waals surface area contributed by atoms with Gasteiger partial charge in [0.05, 0.1) is 31.9 Å². The highest BCUT2D eigenvalue weighted by Gasteiger charge is 2.35. The molecule has 0 saturated heterocycles. The monoisotopic (exact) mass is 649 g/mol. The molecule has 13 heteroatoms. The van der Waals surface area contributed by atoms with Crippen LogP contribution in [0.3, 0.4) is 0 Å². The number of benzene rings is 3. The van der Waals surface area contributed by atoms with Crippen LogP contribution in [0.4, 0.5) is 10.1 Å². The van der Waals surface area contributed by atoms with Crippen LogP contribution >= 0.6 is 11.6 Å². The minimum atomic E-state index is -4.48. The van der Waals surface area contributed by atoms with E-state index < -0.39 is 45.8 Å². The number of hydrogen-bond acceptors (Lipinski definition) is 7. The Bertz CT molecular complexity index is 1590. The molecule has 238 valence electrons. The number of hydrogen-bond donors (Lipinski definition) is 1. The van der Waals surface area contributed by atoms with Crippen LogP contribution in [-0.4, -0.2) is 64.6 Å². The lowest BCUT2D eigenvalue weighted by atomic mass is 10.1. The summed E-state index contributed by atoms with van der Waals surface area (Å²) in [5.74, 6) is -1.04. The Balaban J connectivity index is 2.15. The summed E-state index contributed by atoms with van der Waals surface area (Å²) in [7, 11) is -0.340. The summed E-state index contributed by atoms with van der Waals surface area (Å²) in [4.78, 5) is 28.4. The molecule has 0 radical (unpaired) electrons. The second-order valence-corrected chi connectivity index (χ2v) is 13.2. The van der Waals surface area contributed by atoms with Gasteiger partial charge in [-0.15, -0.1) is 0 Å². The topological polar surface area (TPSA) is 114 Å². The van der Waals surface area contributed by atoms with Gasteiger partial charge in [-0.2, -0.15) is 0 Å². The molecular weight excluding hydrogens is 613 g/mol. The predicted molar refractivity (Wildman–Crippen MR) is 166 cm³/mol. The zero-order valence-corrected chi connectivity index (χ0v) is 27.3. The highest BCUT2D eigenvalue weighted by molar-refractivity contribution is 7.92. The molecule has 1 N–H and O–H groups in total. The molecule has 2 amide bonds. The molecule has 0 heterocycles. The van der Waals surface area contributed by atoms with Crippen molar-refractivity contribution in [2.45, 2.75) is 50.7 Å². The number of nitrogens with zero attached hydrogens (tertiary/aromatic N) is 2. The van der Waals surface area contributed by atoms with E-state index in [1.54, 1.807) is 20.8 Å². The molecule has 0 bridgehead atoms. The first-order valence-electron chi connectivity index (χ1n) is 13.6. The lowest BCUT2D eigenvalue weighted by Crippen LogP contribution is -2.54. The largest absolute Gasteiger partial charge is 0.495 e. The summed E-state index contributed by atoms with van der Waals surface area (Å²) in [6.45, 7) is 6.10. The summed E-state index contributed by atoms with van der Waals surface area (Å²) >= 11 is 6.28. The standard InChI is InChI=1S/C31H37ClFN3O7S/c1-20(30(38)34-31(2,3)4)35(18-21-8-11-23(33)12-9-21)29(37)19-36(25-16-22(32)10-14-26(25)41-5)44(39,40)24-13-15-27(42-6)28(17-24)43-7/h8-17,20H,18-19H2,1-7H3,(H,34,38)/t20-/m1/s1. The minimum Gasteiger partial charge on any atom is -0.495 e. The molecule has 0 spiro atoms. The Kier molecular flexibility index (Phi) is 11.1. The number of carbonyl (C=O) groups is 2. The first kappa shape index (κ1) is 34.5. The fraction of sp³-hybridized carbons (Fsp3) is 0.355. The summed E-state index contributed by atoms with van der Waals surface area (Å²) in [5.41, 5.74) is -0.0752. The Morgan fingerprint density at radius 2 is 1.50 bits per heavy atom. The molecule has 10 nitrogen and oxygen atoms in total. The lowest BCUT2D eigenvalue weighted by molar-refractivity contribution is -0.140. The van der Waals surface area contributed by atoms with Crippen molar-refractivity contribution in [3.8, 4) is 17.2 Å². The van der Waals surface area contributed by atoms with Crippen LogP contribution in [0, 0.1) is 5.82 Å². The van der Waals surface area contributed by atoms with Gasteiger partial charge in [-0.1, -0.05) is 23.7 Å². The van der Waals surface area contributed by atoms with Crippen LogP contribution in [0.25, 0.3) is 0 Å². The molecule has 0 fully saturated rings. The maximum absolute atomic E-state index is 14.3. The highest BCUT2D eigenvalue weighted by atomic mass is 35.5. The lowest BCUT2D eigenvalue weighted by Gasteiger charge is -2.33. The summed E-state index contributed by atoms with van der Waals surface area (Å²) in [5, 5.41) is 3.05. The zero-order valence-electron chi connectivity index (χ0n) is 25.7. The van der Waals surface area contributed by atoms with Crippen molar-refractivity contribution in [2.24, 2.45) is 0 Å². The van der Waals surface area contributed by atoms with E-state index in [-0.39, 0.29) is 33.6 Å². The number of methoxy groups -OCH3 is 3. The third-order valence-corrected chi connectivity index (χ3v) is 8.55. The molecule has 0 aliphatic heterocycles. The van der Waals surface area contributed by atoms with Crippen molar-refractivity contribution in [3.63, 3.8) is 0 Å². The van der Waals surface area contributed by atoms with Crippen LogP contribution in [0.15, 0.2) is 65.6 Å². The third-order valence-electron chi connectivity index (χ3n) is 6.56. The summed E-state index contributed by atoms with van der Waals surface area (Å²) in [6.07, 6.45) is 0. The predicted octanol–water partition coefficient (Wildman–Crippen LogP) is 5.03. The van der Waals surface area contributed by atoms with Crippen molar-refractivity contribution in [3.05, 3.63) is 77.1 Å². The van der Waals surface area contributed by atoms with Crippen molar-refractivity contribution in [1.82, 2.24) is 10.2 Å². The van der Waals surface area contributed by atoms with Gasteiger partial charge in [0.15, 0.2) is 11.5 Å². The quantitative estimate of drug-likeness (QED) is 0.293. The van der Waals surface area contributed by atoms with Gasteiger partial charge in [0.2, 0.25) is 11.8 Å². The fourth-order valence-electron chi connectivity index (χ4n) is 4.32. The van der Waals surface area contributed by atoms with Gasteiger partial charge in [-0.25, -0.2) is 12.8 Å². The molecule has 44 heavy (non-hydrogen) atoms. The Morgan fingerprint density at radius 3 is 2.07 bits per heavy atom. The van der Waals surface area contributed by atoms with Crippen molar-refractivity contribution in [2.75, 3.05) is 32.2 Å². The van der Waals surface area contributed by atoms with Crippen molar-refractivity contribution in [1.29, 1.82) is 0 Å². The fourth-order valence-corrected chi connectivity index (χ4v) is 5.92. The second-order valence-electron chi connectivity index (χ2n) is 10.9. The van der Waals surface area contributed by atoms with E-state index in [0.717, 1.165) is 4.31 Å². The number of ether oxygens (including phenoxy) is 3. The number of anilines is 1. The van der Waals surface area contributed by atoms with Gasteiger partial charge in [-0.3, -0.25) is 13.9 Å². The van der Waals surface area contributed by atoms with Gasteiger partial charge in [0.1, 0.15) is 24.2 Å². The van der Waals surface area contributed by atoms with Crippen molar-refractivity contribution < 1.29 is 36.6 Å². The number of halogens is 2. The van der Waals surface area contributed by atoms with Crippen LogP contribution in [0.2, 0.25) is 5.02 Å². The molecular formula is C31H37ClFN3O7S. The molecule has 1 atom stereocenters. The Labute approximate surface area is 262 Å². The average Bonchev–Trinajstić information content (AvgIpc) is 2.97. The molecule has 0 saturated carbocycles. The van der Waals surface area contributed by atoms with Gasteiger partial charge < -0.3 is 24.4 Å². The van der Waals surface area contributed by atoms with E-state index in [9.17, 15) is 22.4 Å². The second kappa shape index (κ2) is 14.2. The number of nitrogens with one attached hydrogen (secondary N) is 1. The average molecular weight is 650 g/mol. The molecule has 3 aromatic rings. The van der Waals surface area contributed by atoms with E-state index >= 15 is 0 Å². The Hall–Kier alpha value is -4.03. The molecule has 0 aliphatic rings. The van der Waals surface area contributed by atoms with Crippen LogP contribution in [0.1, 0.15) is 33.3 Å². The van der Waals surface area contributed by atoms with Gasteiger partial charge in [0, 0.05) is 23.2 Å². The maximum Gasteiger partial charge on any atom is 0.265 e. The van der Waals surface area contributed by atoms with E-state index in [1.165, 1.54) is 93.8 Å². The van der Waals surface area contributed by atoms with E-state index in [2.05, 4.69) is 5.32 Å². The first-order chi connectivity index (χ1) is 20.6. The van der Waals surface area contributed by atoms with E-state index in [4.69, 9.17) is 25.8 Å². The summed E-state index contributed by atoms with van der Waals surface area (Å²) < 4.78 is 59.1. The van der Waals surface area contributed by atoms with Crippen LogP contribution in [0.5, 0.6) is 17.2 Å². The van der Waals surface area contributed by atoms with Gasteiger partial charge >= 0.3 is 0 Å². The van der Waals surface area contributed by atoms with E-state index in [1.807, 2.05) is 0 Å². The minimum absolute atomic E-state index is 0.00309. The Morgan fingerprint density at radius 1 is 0.909 bits per heavy atom. The third kappa shape index (κ3) is 8.32. The molecule has 3 rings (SSSR count). The van der Waals surface area contributed by atoms with Crippen LogP contribution in [-0.2, 0) is 26.2 Å². The number of sulfonamides is 1. The van der Waals surface area contributed by atoms with Crippen molar-refractivity contribution >= 4 is 39.1 Å². The summed E-state index contributed by atoms with van der Waals surface area (Å²) in [6, 6.07) is 12.8. The highest BCUT2D eigenvalue weighted by Crippen LogP contribution is 2.37. The number of amides is 2. The smallest absolute Gasteiger partial charge is 0.265 e. The molecule has 3 aromatic carbocycles. The van der Waals surface area contributed by atoms with Gasteiger partial charge in [0.25, 0.3) is 10.0 Å². The zero-order chi connectivity index (χ0) is 32.8. The molecule has 0 unspecified atom stereocenters. The van der Waals surface area contributed by atoms with Crippen LogP contribution < -0.4 is 23.8 Å². The number of carbonyl (C=O) groups excluding carboxylic acids is 2. The molecule has 0 aliphatic carbocycles. The molecule has 0 aromatic heterocycles. The first-order valence-corrected chi connectivity index (χ1v) is 15.4.